The minimum absolute atomic E-state index is 0.0851. The lowest BCUT2D eigenvalue weighted by Crippen LogP contribution is -2.17. The van der Waals surface area contributed by atoms with E-state index in [-0.39, 0.29) is 17.5 Å². The number of aromatic nitrogens is 2. The number of hydrogen-bond acceptors (Lipinski definition) is 5. The van der Waals surface area contributed by atoms with Crippen LogP contribution in [0.25, 0.3) is 0 Å². The van der Waals surface area contributed by atoms with Crippen molar-refractivity contribution in [3.05, 3.63) is 41.1 Å². The van der Waals surface area contributed by atoms with Gasteiger partial charge in [-0.15, -0.1) is 13.2 Å². The van der Waals surface area contributed by atoms with E-state index in [1.807, 2.05) is 0 Å². The average molecular weight is 348 g/mol. The van der Waals surface area contributed by atoms with Crippen LogP contribution in [-0.4, -0.2) is 16.3 Å². The number of ether oxygens (including phenoxy) is 1. The number of benzene rings is 1. The summed E-state index contributed by atoms with van der Waals surface area (Å²) in [6.07, 6.45) is -3.08. The molecule has 130 valence electrons. The molecule has 25 heavy (non-hydrogen) atoms. The quantitative estimate of drug-likeness (QED) is 0.815. The second-order valence-corrected chi connectivity index (χ2v) is 5.83. The Bertz CT molecular complexity index is 839. The smallest absolute Gasteiger partial charge is 0.406 e. The van der Waals surface area contributed by atoms with E-state index in [9.17, 15) is 13.2 Å². The zero-order valence-corrected chi connectivity index (χ0v) is 13.3. The van der Waals surface area contributed by atoms with Gasteiger partial charge in [0.05, 0.1) is 16.7 Å². The lowest BCUT2D eigenvalue weighted by molar-refractivity contribution is -0.274. The summed E-state index contributed by atoms with van der Waals surface area (Å²) in [5.41, 5.74) is 12.9. The van der Waals surface area contributed by atoms with Gasteiger partial charge in [-0.3, -0.25) is 0 Å². The lowest BCUT2D eigenvalue weighted by atomic mass is 9.96. The summed E-state index contributed by atoms with van der Waals surface area (Å²) in [6.45, 7) is 1.74. The van der Waals surface area contributed by atoms with E-state index in [0.29, 0.717) is 11.3 Å². The largest absolute Gasteiger partial charge is 0.573 e. The van der Waals surface area contributed by atoms with Gasteiger partial charge >= 0.3 is 6.36 Å². The summed E-state index contributed by atoms with van der Waals surface area (Å²) in [5, 5.41) is 0. The summed E-state index contributed by atoms with van der Waals surface area (Å²) >= 11 is 0. The van der Waals surface area contributed by atoms with Crippen molar-refractivity contribution in [1.82, 2.24) is 9.97 Å². The highest BCUT2D eigenvalue weighted by atomic mass is 19.4. The first kappa shape index (κ1) is 16.9. The Kier molecular flexibility index (Phi) is 3.95. The molecule has 0 saturated heterocycles. The normalized spacial score (nSPS) is 15.2. The molecular weight excluding hydrogens is 333 g/mol. The number of nitrogens with two attached hydrogens (primary N) is 2. The topological polar surface area (TPSA) is 87.0 Å². The molecule has 0 amide bonds. The van der Waals surface area contributed by atoms with Crippen LogP contribution in [0, 0.1) is 18.8 Å². The van der Waals surface area contributed by atoms with Crippen molar-refractivity contribution in [3.8, 4) is 17.6 Å². The maximum absolute atomic E-state index is 12.2. The number of alkyl halides is 3. The zero-order chi connectivity index (χ0) is 18.2. The number of aryl methyl sites for hydroxylation is 1. The highest BCUT2D eigenvalue weighted by Gasteiger charge is 2.43. The van der Waals surface area contributed by atoms with Crippen molar-refractivity contribution >= 4 is 11.8 Å². The van der Waals surface area contributed by atoms with Gasteiger partial charge in [0.15, 0.2) is 0 Å². The van der Waals surface area contributed by atoms with E-state index in [1.54, 1.807) is 19.1 Å². The Balaban J connectivity index is 1.85. The van der Waals surface area contributed by atoms with Crippen LogP contribution in [0.2, 0.25) is 0 Å². The predicted molar refractivity (Wildman–Crippen MR) is 86.5 cm³/mol. The number of rotatable bonds is 2. The summed E-state index contributed by atoms with van der Waals surface area (Å²) in [6, 6.07) is 5.77. The van der Waals surface area contributed by atoms with E-state index < -0.39 is 11.8 Å². The molecule has 1 aliphatic carbocycles. The maximum atomic E-state index is 12.2. The van der Waals surface area contributed by atoms with Gasteiger partial charge in [0.1, 0.15) is 11.6 Å². The Morgan fingerprint density at radius 1 is 1.12 bits per heavy atom. The molecule has 1 fully saturated rings. The van der Waals surface area contributed by atoms with Crippen molar-refractivity contribution in [2.75, 3.05) is 11.5 Å². The highest BCUT2D eigenvalue weighted by molar-refractivity contribution is 5.57. The van der Waals surface area contributed by atoms with Gasteiger partial charge in [-0.25, -0.2) is 4.98 Å². The first-order chi connectivity index (χ1) is 11.7. The number of hydrogen-bond donors (Lipinski definition) is 2. The van der Waals surface area contributed by atoms with Crippen LogP contribution in [0.3, 0.4) is 0 Å². The van der Waals surface area contributed by atoms with Gasteiger partial charge in [0, 0.05) is 0 Å². The van der Waals surface area contributed by atoms with Gasteiger partial charge < -0.3 is 16.2 Å². The molecule has 0 bridgehead atoms. The maximum Gasteiger partial charge on any atom is 0.573 e. The van der Waals surface area contributed by atoms with Gasteiger partial charge in [0.25, 0.3) is 0 Å². The third-order valence-electron chi connectivity index (χ3n) is 3.95. The molecule has 0 spiro atoms. The summed E-state index contributed by atoms with van der Waals surface area (Å²) in [4.78, 5) is 7.93. The number of nitrogen functional groups attached to an aromatic ring is 2. The third kappa shape index (κ3) is 3.76. The fourth-order valence-corrected chi connectivity index (χ4v) is 2.54. The summed E-state index contributed by atoms with van der Waals surface area (Å²) in [7, 11) is 0. The second kappa shape index (κ2) is 5.84. The molecule has 0 unspecified atom stereocenters. The number of halogens is 3. The molecule has 3 rings (SSSR count). The SMILES string of the molecule is Cc1nc(N)nc(N)c1C#CC1(c2ccc(OC(F)(F)F)cc2)CC1. The average Bonchev–Trinajstić information content (AvgIpc) is 3.26. The molecule has 1 saturated carbocycles. The van der Waals surface area contributed by atoms with Crippen molar-refractivity contribution in [1.29, 1.82) is 0 Å². The van der Waals surface area contributed by atoms with Gasteiger partial charge in [-0.05, 0) is 37.5 Å². The lowest BCUT2D eigenvalue weighted by Gasteiger charge is -2.12. The number of nitrogens with zero attached hydrogens (tertiary/aromatic N) is 2. The van der Waals surface area contributed by atoms with Crippen molar-refractivity contribution < 1.29 is 17.9 Å². The molecule has 5 nitrogen and oxygen atoms in total. The monoisotopic (exact) mass is 348 g/mol. The molecule has 0 atom stereocenters. The van der Waals surface area contributed by atoms with Crippen LogP contribution in [-0.2, 0) is 5.41 Å². The second-order valence-electron chi connectivity index (χ2n) is 5.83. The predicted octanol–water partition coefficient (Wildman–Crippen LogP) is 2.93. The molecule has 2 aromatic rings. The van der Waals surface area contributed by atoms with Gasteiger partial charge in [-0.1, -0.05) is 24.0 Å². The molecule has 1 aromatic heterocycles. The van der Waals surface area contributed by atoms with Crippen molar-refractivity contribution in [2.45, 2.75) is 31.5 Å². The van der Waals surface area contributed by atoms with Crippen LogP contribution < -0.4 is 16.2 Å². The Labute approximate surface area is 142 Å². The molecule has 0 aliphatic heterocycles. The Morgan fingerprint density at radius 3 is 2.28 bits per heavy atom. The molecule has 1 heterocycles. The third-order valence-corrected chi connectivity index (χ3v) is 3.95. The van der Waals surface area contributed by atoms with Crippen LogP contribution in [0.4, 0.5) is 24.9 Å². The highest BCUT2D eigenvalue weighted by Crippen LogP contribution is 2.48. The fraction of sp³-hybridized carbons (Fsp3) is 0.294. The summed E-state index contributed by atoms with van der Waals surface area (Å²) in [5.74, 6) is 6.19. The van der Waals surface area contributed by atoms with E-state index in [2.05, 4.69) is 26.5 Å². The Hall–Kier alpha value is -2.95. The first-order valence-corrected chi connectivity index (χ1v) is 7.48. The first-order valence-electron chi connectivity index (χ1n) is 7.48. The molecule has 1 aliphatic rings. The number of anilines is 2. The molecule has 4 N–H and O–H groups in total. The molecular formula is C17H15F3N4O. The van der Waals surface area contributed by atoms with Crippen LogP contribution >= 0.6 is 0 Å². The van der Waals surface area contributed by atoms with E-state index in [4.69, 9.17) is 11.5 Å². The van der Waals surface area contributed by atoms with E-state index >= 15 is 0 Å². The van der Waals surface area contributed by atoms with Crippen LogP contribution in [0.1, 0.15) is 29.7 Å². The van der Waals surface area contributed by atoms with Crippen molar-refractivity contribution in [2.24, 2.45) is 0 Å². The van der Waals surface area contributed by atoms with Gasteiger partial charge in [-0.2, -0.15) is 4.98 Å². The summed E-state index contributed by atoms with van der Waals surface area (Å²) < 4.78 is 40.6. The zero-order valence-electron chi connectivity index (χ0n) is 13.3. The minimum atomic E-state index is -4.71. The molecule has 8 heteroatoms. The fourth-order valence-electron chi connectivity index (χ4n) is 2.54. The molecule has 0 radical (unpaired) electrons. The molecule has 1 aromatic carbocycles. The Morgan fingerprint density at radius 2 is 1.76 bits per heavy atom. The van der Waals surface area contributed by atoms with E-state index in [0.717, 1.165) is 18.4 Å². The minimum Gasteiger partial charge on any atom is -0.406 e. The van der Waals surface area contributed by atoms with Crippen molar-refractivity contribution in [3.63, 3.8) is 0 Å². The standard InChI is InChI=1S/C17H15F3N4O/c1-10-13(14(21)24-15(22)23-10)6-7-16(8-9-16)11-2-4-12(5-3-11)25-17(18,19)20/h2-5H,8-9H2,1H3,(H4,21,22,23,24). The van der Waals surface area contributed by atoms with E-state index in [1.165, 1.54) is 12.1 Å². The van der Waals surface area contributed by atoms with Crippen LogP contribution in [0.5, 0.6) is 5.75 Å². The van der Waals surface area contributed by atoms with Crippen LogP contribution in [0.15, 0.2) is 24.3 Å². The van der Waals surface area contributed by atoms with Gasteiger partial charge in [0.2, 0.25) is 5.95 Å².